The van der Waals surface area contributed by atoms with Gasteiger partial charge in [0.2, 0.25) is 0 Å². The average molecular weight is 498 g/mol. The first-order chi connectivity index (χ1) is 17.6. The van der Waals surface area contributed by atoms with Crippen LogP contribution in [0.1, 0.15) is 73.4 Å². The minimum Gasteiger partial charge on any atom is -0.469 e. The lowest BCUT2D eigenvalue weighted by Crippen LogP contribution is -2.57. The highest BCUT2D eigenvalue weighted by Gasteiger charge is 2.61. The van der Waals surface area contributed by atoms with E-state index in [2.05, 4.69) is 67.9 Å². The van der Waals surface area contributed by atoms with E-state index in [1.807, 2.05) is 43.3 Å². The number of carbonyl (C=O) groups excluding carboxylic acids is 2. The molecule has 3 aromatic rings. The van der Waals surface area contributed by atoms with Gasteiger partial charge in [0.25, 0.3) is 5.91 Å². The van der Waals surface area contributed by atoms with Crippen LogP contribution in [0, 0.1) is 12.8 Å². The summed E-state index contributed by atoms with van der Waals surface area (Å²) in [6, 6.07) is 19.9. The topological polar surface area (TPSA) is 79.5 Å². The van der Waals surface area contributed by atoms with E-state index in [0.29, 0.717) is 17.5 Å². The number of aryl methyl sites for hydroxylation is 1. The summed E-state index contributed by atoms with van der Waals surface area (Å²) in [4.78, 5) is 27.5. The normalized spacial score (nSPS) is 21.9. The summed E-state index contributed by atoms with van der Waals surface area (Å²) >= 11 is 0. The van der Waals surface area contributed by atoms with Crippen LogP contribution in [0.5, 0.6) is 0 Å². The van der Waals surface area contributed by atoms with Crippen molar-refractivity contribution >= 4 is 28.9 Å². The zero-order valence-electron chi connectivity index (χ0n) is 22.3. The summed E-state index contributed by atoms with van der Waals surface area (Å²) in [5.41, 5.74) is 6.19. The van der Waals surface area contributed by atoms with Crippen molar-refractivity contribution in [2.75, 3.05) is 23.1 Å². The van der Waals surface area contributed by atoms with Gasteiger partial charge in [0.05, 0.1) is 13.2 Å². The second kappa shape index (κ2) is 9.25. The monoisotopic (exact) mass is 497 g/mol. The van der Waals surface area contributed by atoms with E-state index in [0.717, 1.165) is 33.6 Å². The lowest BCUT2D eigenvalue weighted by Gasteiger charge is -2.45. The number of hydrogen-bond donors (Lipinski definition) is 3. The number of methoxy groups -OCH3 is 1. The standard InChI is InChI=1S/C31H35N3O3/c1-17(2)20-8-11-22(12-9-20)32-28-23-16-21(18(3)4)10-14-25(23)34-31(27(28)29(35)37-6)24-15-19(5)7-13-26(24)33-30(31)36/h7-18,27-28,32,34H,1-6H3,(H,33,36)/t27-,28-,31-/m1/s1. The van der Waals surface area contributed by atoms with Crippen LogP contribution in [0.4, 0.5) is 17.1 Å². The number of amides is 1. The first-order valence-corrected chi connectivity index (χ1v) is 12.9. The molecule has 6 nitrogen and oxygen atoms in total. The molecule has 0 bridgehead atoms. The van der Waals surface area contributed by atoms with Crippen LogP contribution in [-0.2, 0) is 19.9 Å². The van der Waals surface area contributed by atoms with Gasteiger partial charge in [-0.1, -0.05) is 69.7 Å². The van der Waals surface area contributed by atoms with E-state index < -0.39 is 23.5 Å². The molecule has 0 unspecified atom stereocenters. The van der Waals surface area contributed by atoms with Crippen molar-refractivity contribution in [3.05, 3.63) is 88.5 Å². The third kappa shape index (κ3) is 4.05. The highest BCUT2D eigenvalue weighted by Crippen LogP contribution is 2.54. The second-order valence-electron chi connectivity index (χ2n) is 10.8. The molecule has 192 valence electrons. The summed E-state index contributed by atoms with van der Waals surface area (Å²) < 4.78 is 5.38. The Hall–Kier alpha value is -3.80. The van der Waals surface area contributed by atoms with Crippen LogP contribution in [-0.4, -0.2) is 19.0 Å². The lowest BCUT2D eigenvalue weighted by atomic mass is 9.69. The zero-order valence-corrected chi connectivity index (χ0v) is 22.3. The van der Waals surface area contributed by atoms with Crippen LogP contribution in [0.25, 0.3) is 0 Å². The molecule has 2 aliphatic rings. The van der Waals surface area contributed by atoms with Crippen molar-refractivity contribution < 1.29 is 14.3 Å². The minimum absolute atomic E-state index is 0.260. The number of anilines is 3. The van der Waals surface area contributed by atoms with E-state index >= 15 is 0 Å². The van der Waals surface area contributed by atoms with Gasteiger partial charge < -0.3 is 20.7 Å². The van der Waals surface area contributed by atoms with Gasteiger partial charge in [0.15, 0.2) is 5.54 Å². The number of rotatable bonds is 5. The second-order valence-corrected chi connectivity index (χ2v) is 10.8. The number of esters is 1. The quantitative estimate of drug-likeness (QED) is 0.353. The molecule has 2 heterocycles. The molecular formula is C31H35N3O3. The Bertz CT molecular complexity index is 1360. The van der Waals surface area contributed by atoms with E-state index in [9.17, 15) is 9.59 Å². The van der Waals surface area contributed by atoms with Gasteiger partial charge in [0.1, 0.15) is 5.92 Å². The van der Waals surface area contributed by atoms with Gasteiger partial charge in [-0.2, -0.15) is 0 Å². The van der Waals surface area contributed by atoms with Gasteiger partial charge in [0, 0.05) is 22.6 Å². The highest BCUT2D eigenvalue weighted by atomic mass is 16.5. The fourth-order valence-electron chi connectivity index (χ4n) is 5.65. The number of fused-ring (bicyclic) bond motifs is 3. The molecule has 3 N–H and O–H groups in total. The third-order valence-corrected chi connectivity index (χ3v) is 7.77. The van der Waals surface area contributed by atoms with Crippen molar-refractivity contribution in [3.8, 4) is 0 Å². The van der Waals surface area contributed by atoms with Crippen LogP contribution < -0.4 is 16.0 Å². The molecule has 1 spiro atoms. The molecule has 5 rings (SSSR count). The lowest BCUT2D eigenvalue weighted by molar-refractivity contribution is -0.151. The maximum absolute atomic E-state index is 13.8. The average Bonchev–Trinajstić information content (AvgIpc) is 3.14. The molecule has 0 radical (unpaired) electrons. The smallest absolute Gasteiger partial charge is 0.314 e. The largest absolute Gasteiger partial charge is 0.469 e. The zero-order chi connectivity index (χ0) is 26.5. The van der Waals surface area contributed by atoms with Crippen molar-refractivity contribution in [2.45, 2.75) is 58.0 Å². The molecular weight excluding hydrogens is 462 g/mol. The first kappa shape index (κ1) is 24.9. The van der Waals surface area contributed by atoms with Crippen molar-refractivity contribution in [3.63, 3.8) is 0 Å². The molecule has 37 heavy (non-hydrogen) atoms. The van der Waals surface area contributed by atoms with E-state index in [1.54, 1.807) is 0 Å². The molecule has 0 aliphatic carbocycles. The molecule has 3 aromatic carbocycles. The Morgan fingerprint density at radius 2 is 1.57 bits per heavy atom. The minimum atomic E-state index is -1.32. The number of ether oxygens (including phenoxy) is 1. The summed E-state index contributed by atoms with van der Waals surface area (Å²) in [7, 11) is 1.38. The van der Waals surface area contributed by atoms with E-state index in [1.165, 1.54) is 12.7 Å². The molecule has 0 saturated carbocycles. The van der Waals surface area contributed by atoms with Crippen LogP contribution in [0.15, 0.2) is 60.7 Å². The van der Waals surface area contributed by atoms with Crippen LogP contribution >= 0.6 is 0 Å². The predicted molar refractivity (Wildman–Crippen MR) is 148 cm³/mol. The Morgan fingerprint density at radius 1 is 0.919 bits per heavy atom. The molecule has 6 heteroatoms. The van der Waals surface area contributed by atoms with Gasteiger partial charge in [-0.05, 0) is 59.7 Å². The highest BCUT2D eigenvalue weighted by molar-refractivity contribution is 6.11. The number of hydrogen-bond acceptors (Lipinski definition) is 5. The maximum Gasteiger partial charge on any atom is 0.314 e. The molecule has 3 atom stereocenters. The van der Waals surface area contributed by atoms with Gasteiger partial charge in [-0.15, -0.1) is 0 Å². The summed E-state index contributed by atoms with van der Waals surface area (Å²) in [5, 5.41) is 10.2. The van der Waals surface area contributed by atoms with E-state index in [-0.39, 0.29) is 5.91 Å². The molecule has 2 aliphatic heterocycles. The maximum atomic E-state index is 13.8. The number of benzene rings is 3. The fraction of sp³-hybridized carbons (Fsp3) is 0.355. The fourth-order valence-corrected chi connectivity index (χ4v) is 5.65. The van der Waals surface area contributed by atoms with Crippen molar-refractivity contribution in [1.29, 1.82) is 0 Å². The Morgan fingerprint density at radius 3 is 2.22 bits per heavy atom. The van der Waals surface area contributed by atoms with Crippen molar-refractivity contribution in [1.82, 2.24) is 0 Å². The molecule has 0 fully saturated rings. The number of nitrogens with one attached hydrogen (secondary N) is 3. The summed E-state index contributed by atoms with van der Waals surface area (Å²) in [6.45, 7) is 10.6. The number of carbonyl (C=O) groups is 2. The summed E-state index contributed by atoms with van der Waals surface area (Å²) in [5.74, 6) is -0.852. The van der Waals surface area contributed by atoms with Gasteiger partial charge >= 0.3 is 5.97 Å². The van der Waals surface area contributed by atoms with Crippen LogP contribution in [0.2, 0.25) is 0 Å². The first-order valence-electron chi connectivity index (χ1n) is 12.9. The molecule has 0 saturated heterocycles. The Balaban J connectivity index is 1.73. The molecule has 1 amide bonds. The molecule has 0 aromatic heterocycles. The SMILES string of the molecule is COC(=O)[C@H]1[C@H](Nc2ccc(C(C)C)cc2)c2cc(C(C)C)ccc2N[C@@]12C(=O)Nc1ccc(C)cc12. The summed E-state index contributed by atoms with van der Waals surface area (Å²) in [6.07, 6.45) is 0. The van der Waals surface area contributed by atoms with Crippen molar-refractivity contribution in [2.24, 2.45) is 5.92 Å². The van der Waals surface area contributed by atoms with E-state index in [4.69, 9.17) is 4.74 Å². The Kier molecular flexibility index (Phi) is 6.22. The van der Waals surface area contributed by atoms with Gasteiger partial charge in [-0.3, -0.25) is 9.59 Å². The third-order valence-electron chi connectivity index (χ3n) is 7.77. The van der Waals surface area contributed by atoms with Crippen LogP contribution in [0.3, 0.4) is 0 Å². The predicted octanol–water partition coefficient (Wildman–Crippen LogP) is 6.46. The Labute approximate surface area is 218 Å². The van der Waals surface area contributed by atoms with Gasteiger partial charge in [-0.25, -0.2) is 0 Å².